The molecule has 148 valence electrons. The lowest BCUT2D eigenvalue weighted by Crippen LogP contribution is -2.37. The van der Waals surface area contributed by atoms with Gasteiger partial charge in [-0.05, 0) is 18.2 Å². The van der Waals surface area contributed by atoms with E-state index in [1.165, 1.54) is 23.2 Å². The first kappa shape index (κ1) is 18.9. The molecule has 0 aliphatic carbocycles. The molecule has 1 aromatic carbocycles. The van der Waals surface area contributed by atoms with Crippen molar-refractivity contribution in [3.8, 4) is 5.88 Å². The number of aromatic hydroxyl groups is 1. The van der Waals surface area contributed by atoms with E-state index in [1.54, 1.807) is 18.2 Å². The number of aromatic amines is 1. The van der Waals surface area contributed by atoms with E-state index < -0.39 is 11.2 Å². The lowest BCUT2D eigenvalue weighted by atomic mass is 10.2. The van der Waals surface area contributed by atoms with Gasteiger partial charge < -0.3 is 10.1 Å². The number of imidazole rings is 1. The molecule has 0 bridgehead atoms. The van der Waals surface area contributed by atoms with Crippen molar-refractivity contribution in [1.29, 1.82) is 0 Å². The molecule has 0 atom stereocenters. The largest absolute Gasteiger partial charge is 0.493 e. The van der Waals surface area contributed by atoms with Crippen LogP contribution in [0.3, 0.4) is 0 Å². The molecular formula is C18H16BrN7O3. The third-order valence-electron chi connectivity index (χ3n) is 4.59. The fourth-order valence-corrected chi connectivity index (χ4v) is 3.51. The van der Waals surface area contributed by atoms with Crippen molar-refractivity contribution in [3.05, 3.63) is 56.2 Å². The minimum Gasteiger partial charge on any atom is -0.493 e. The lowest BCUT2D eigenvalue weighted by Gasteiger charge is -2.04. The molecule has 2 N–H and O–H groups in total. The van der Waals surface area contributed by atoms with Gasteiger partial charge in [0.05, 0.1) is 5.52 Å². The van der Waals surface area contributed by atoms with Crippen molar-refractivity contribution in [2.24, 2.45) is 24.3 Å². The Hall–Kier alpha value is -3.47. The van der Waals surface area contributed by atoms with Crippen molar-refractivity contribution < 1.29 is 5.11 Å². The van der Waals surface area contributed by atoms with Gasteiger partial charge in [0.1, 0.15) is 0 Å². The van der Waals surface area contributed by atoms with E-state index in [1.807, 2.05) is 6.07 Å². The summed E-state index contributed by atoms with van der Waals surface area (Å²) in [5, 5.41) is 19.2. The summed E-state index contributed by atoms with van der Waals surface area (Å²) in [6.45, 7) is 3.94. The van der Waals surface area contributed by atoms with Crippen LogP contribution in [0.2, 0.25) is 0 Å². The Morgan fingerprint density at radius 2 is 2.03 bits per heavy atom. The number of H-pyrrole nitrogens is 1. The molecule has 29 heavy (non-hydrogen) atoms. The molecule has 0 saturated heterocycles. The highest BCUT2D eigenvalue weighted by Crippen LogP contribution is 2.37. The number of nitrogens with zero attached hydrogens (tertiary/aromatic N) is 6. The van der Waals surface area contributed by atoms with Crippen molar-refractivity contribution in [1.82, 2.24) is 23.7 Å². The fraction of sp³-hybridized carbons (Fsp3) is 0.167. The van der Waals surface area contributed by atoms with Gasteiger partial charge in [-0.1, -0.05) is 22.0 Å². The lowest BCUT2D eigenvalue weighted by molar-refractivity contribution is 0.459. The van der Waals surface area contributed by atoms with Gasteiger partial charge in [0.25, 0.3) is 11.5 Å². The zero-order chi connectivity index (χ0) is 20.9. The first-order valence-electron chi connectivity index (χ1n) is 8.52. The first-order valence-corrected chi connectivity index (χ1v) is 9.32. The van der Waals surface area contributed by atoms with Gasteiger partial charge in [-0.25, -0.2) is 4.79 Å². The topological polar surface area (TPSA) is 123 Å². The Morgan fingerprint density at radius 1 is 1.28 bits per heavy atom. The summed E-state index contributed by atoms with van der Waals surface area (Å²) in [6.07, 6.45) is 1.59. The number of fused-ring (bicyclic) bond motifs is 2. The van der Waals surface area contributed by atoms with E-state index in [0.717, 1.165) is 9.04 Å². The summed E-state index contributed by atoms with van der Waals surface area (Å²) in [4.78, 5) is 32.0. The average Bonchev–Trinajstić information content (AvgIpc) is 3.20. The van der Waals surface area contributed by atoms with Crippen LogP contribution in [0.15, 0.2) is 55.1 Å². The zero-order valence-electron chi connectivity index (χ0n) is 15.5. The van der Waals surface area contributed by atoms with Crippen molar-refractivity contribution in [2.75, 3.05) is 0 Å². The van der Waals surface area contributed by atoms with E-state index in [9.17, 15) is 14.7 Å². The second-order valence-electron chi connectivity index (χ2n) is 6.40. The van der Waals surface area contributed by atoms with Crippen LogP contribution in [0.5, 0.6) is 5.88 Å². The number of hydrogen-bond acceptors (Lipinski definition) is 6. The number of rotatable bonds is 4. The second-order valence-corrected chi connectivity index (χ2v) is 7.32. The van der Waals surface area contributed by atoms with E-state index >= 15 is 0 Å². The Kier molecular flexibility index (Phi) is 4.46. The molecule has 3 aromatic heterocycles. The molecule has 0 saturated carbocycles. The van der Waals surface area contributed by atoms with Crippen LogP contribution < -0.4 is 11.2 Å². The van der Waals surface area contributed by atoms with Crippen molar-refractivity contribution >= 4 is 49.6 Å². The van der Waals surface area contributed by atoms with Gasteiger partial charge in [-0.3, -0.25) is 18.5 Å². The third-order valence-corrected chi connectivity index (χ3v) is 5.09. The molecule has 0 fully saturated rings. The fourth-order valence-electron chi connectivity index (χ4n) is 3.15. The Morgan fingerprint density at radius 3 is 2.76 bits per heavy atom. The molecule has 0 radical (unpaired) electrons. The van der Waals surface area contributed by atoms with Crippen LogP contribution in [-0.2, 0) is 20.6 Å². The van der Waals surface area contributed by atoms with Crippen LogP contribution in [0.25, 0.3) is 22.1 Å². The summed E-state index contributed by atoms with van der Waals surface area (Å²) in [7, 11) is 2.93. The molecular weight excluding hydrogens is 442 g/mol. The number of azo groups is 1. The van der Waals surface area contributed by atoms with Gasteiger partial charge in [0, 0.05) is 30.5 Å². The maximum atomic E-state index is 12.6. The summed E-state index contributed by atoms with van der Waals surface area (Å²) < 4.78 is 4.62. The SMILES string of the molecule is C=CCn1c(N=Nc2c(O)[nH]c3ccc(Br)cc23)nc2c1c(=O)n(C)c(=O)n2C. The first-order chi connectivity index (χ1) is 13.8. The summed E-state index contributed by atoms with van der Waals surface area (Å²) in [5.74, 6) is -0.0292. The molecule has 3 heterocycles. The Bertz CT molecular complexity index is 1440. The minimum absolute atomic E-state index is 0.113. The zero-order valence-corrected chi connectivity index (χ0v) is 17.1. The Labute approximate surface area is 171 Å². The number of allylic oxidation sites excluding steroid dienone is 1. The Balaban J connectivity index is 1.96. The maximum Gasteiger partial charge on any atom is 0.332 e. The van der Waals surface area contributed by atoms with Crippen molar-refractivity contribution in [2.45, 2.75) is 6.54 Å². The number of halogens is 1. The van der Waals surface area contributed by atoms with Crippen LogP contribution in [0.1, 0.15) is 0 Å². The highest BCUT2D eigenvalue weighted by Gasteiger charge is 2.19. The van der Waals surface area contributed by atoms with E-state index in [0.29, 0.717) is 10.9 Å². The molecule has 0 aliphatic rings. The predicted molar refractivity (Wildman–Crippen MR) is 112 cm³/mol. The van der Waals surface area contributed by atoms with Crippen LogP contribution in [-0.4, -0.2) is 28.8 Å². The number of benzene rings is 1. The normalized spacial score (nSPS) is 11.8. The van der Waals surface area contributed by atoms with Gasteiger partial charge in [-0.15, -0.1) is 16.8 Å². The smallest absolute Gasteiger partial charge is 0.332 e. The van der Waals surface area contributed by atoms with Crippen LogP contribution in [0, 0.1) is 0 Å². The van der Waals surface area contributed by atoms with Gasteiger partial charge in [-0.2, -0.15) is 4.98 Å². The second kappa shape index (κ2) is 6.85. The summed E-state index contributed by atoms with van der Waals surface area (Å²) >= 11 is 3.39. The molecule has 0 spiro atoms. The summed E-state index contributed by atoms with van der Waals surface area (Å²) in [5.41, 5.74) is 0.357. The standard InChI is InChI=1S/C18H16BrN7O3/c1-4-7-26-13-14(24(2)18(29)25(3)16(13)28)21-17(26)23-22-12-10-8-9(19)5-6-11(10)20-15(12)27/h4-6,8,20,27H,1,7H2,2-3H3. The molecule has 11 heteroatoms. The highest BCUT2D eigenvalue weighted by atomic mass is 79.9. The van der Waals surface area contributed by atoms with E-state index in [4.69, 9.17) is 0 Å². The summed E-state index contributed by atoms with van der Waals surface area (Å²) in [6, 6.07) is 5.43. The maximum absolute atomic E-state index is 12.6. The predicted octanol–water partition coefficient (Wildman–Crippen LogP) is 2.98. The average molecular weight is 458 g/mol. The molecule has 0 aliphatic heterocycles. The van der Waals surface area contributed by atoms with Crippen LogP contribution in [0.4, 0.5) is 11.6 Å². The minimum atomic E-state index is -0.492. The number of aromatic nitrogens is 5. The quantitative estimate of drug-likeness (QED) is 0.361. The molecule has 10 nitrogen and oxygen atoms in total. The highest BCUT2D eigenvalue weighted by molar-refractivity contribution is 9.10. The molecule has 0 amide bonds. The van der Waals surface area contributed by atoms with E-state index in [-0.39, 0.29) is 35.2 Å². The van der Waals surface area contributed by atoms with Crippen molar-refractivity contribution in [3.63, 3.8) is 0 Å². The molecule has 4 aromatic rings. The number of nitrogens with one attached hydrogen (secondary N) is 1. The monoisotopic (exact) mass is 457 g/mol. The van der Waals surface area contributed by atoms with Gasteiger partial charge in [0.2, 0.25) is 5.88 Å². The molecule has 0 unspecified atom stereocenters. The van der Waals surface area contributed by atoms with Crippen LogP contribution >= 0.6 is 15.9 Å². The van der Waals surface area contributed by atoms with Gasteiger partial charge >= 0.3 is 5.69 Å². The van der Waals surface area contributed by atoms with Gasteiger partial charge in [0.15, 0.2) is 16.9 Å². The number of aryl methyl sites for hydroxylation is 1. The van der Waals surface area contributed by atoms with E-state index in [2.05, 4.69) is 42.7 Å². The third kappa shape index (κ3) is 2.90. The molecule has 4 rings (SSSR count). The number of hydrogen-bond donors (Lipinski definition) is 2.